The molecule has 4 N–H and O–H groups in total. The fourth-order valence-corrected chi connectivity index (χ4v) is 7.22. The van der Waals surface area contributed by atoms with Crippen LogP contribution in [-0.4, -0.2) is 89.6 Å². The lowest BCUT2D eigenvalue weighted by molar-refractivity contribution is -0.305. The molecule has 1 saturated heterocycles. The van der Waals surface area contributed by atoms with Crippen molar-refractivity contribution >= 4 is 5.97 Å². The van der Waals surface area contributed by atoms with Gasteiger partial charge in [0.1, 0.15) is 30.5 Å². The van der Waals surface area contributed by atoms with E-state index in [1.807, 2.05) is 0 Å². The quantitative estimate of drug-likeness (QED) is 0.0270. The molecule has 0 radical (unpaired) electrons. The van der Waals surface area contributed by atoms with Gasteiger partial charge in [0.25, 0.3) is 0 Å². The van der Waals surface area contributed by atoms with Crippen molar-refractivity contribution in [2.45, 2.75) is 243 Å². The number of aliphatic hydroxyl groups excluding tert-OH is 4. The van der Waals surface area contributed by atoms with Crippen molar-refractivity contribution in [3.8, 4) is 0 Å². The molecular formula is C49H90O9. The summed E-state index contributed by atoms with van der Waals surface area (Å²) >= 11 is 0. The summed E-state index contributed by atoms with van der Waals surface area (Å²) in [4.78, 5) is 12.8. The fraction of sp³-hybridized carbons (Fsp3) is 0.857. The molecule has 1 rings (SSSR count). The minimum atomic E-state index is -1.54. The maximum atomic E-state index is 12.8. The third-order valence-electron chi connectivity index (χ3n) is 11.0. The van der Waals surface area contributed by atoms with Crippen LogP contribution in [-0.2, 0) is 23.7 Å². The number of aliphatic hydroxyl groups is 4. The van der Waals surface area contributed by atoms with E-state index in [-0.39, 0.29) is 19.2 Å². The molecule has 6 atom stereocenters. The summed E-state index contributed by atoms with van der Waals surface area (Å²) in [7, 11) is 0. The Labute approximate surface area is 355 Å². The molecule has 340 valence electrons. The average molecular weight is 823 g/mol. The summed E-state index contributed by atoms with van der Waals surface area (Å²) in [6.45, 7) is 4.53. The van der Waals surface area contributed by atoms with Gasteiger partial charge in [-0.15, -0.1) is 0 Å². The first-order valence-electron chi connectivity index (χ1n) is 24.1. The molecule has 0 amide bonds. The molecule has 1 heterocycles. The second kappa shape index (κ2) is 40.8. The van der Waals surface area contributed by atoms with Crippen LogP contribution in [0.15, 0.2) is 36.5 Å². The number of ether oxygens (including phenoxy) is 4. The molecule has 9 nitrogen and oxygen atoms in total. The van der Waals surface area contributed by atoms with E-state index in [2.05, 4.69) is 50.3 Å². The molecule has 0 spiro atoms. The van der Waals surface area contributed by atoms with Crippen molar-refractivity contribution in [2.24, 2.45) is 0 Å². The largest absolute Gasteiger partial charge is 0.457 e. The molecule has 1 aliphatic heterocycles. The molecule has 1 fully saturated rings. The van der Waals surface area contributed by atoms with Gasteiger partial charge in [-0.25, -0.2) is 0 Å². The standard InChI is InChI=1S/C49H90O9/c1-3-5-7-9-11-13-15-17-19-21-22-23-25-27-29-31-33-35-37-39-55-41-43(42-56-49-48(54)47(53)46(52)44(40-50)58-49)57-45(51)38-36-34-32-30-28-26-24-20-18-16-14-12-10-8-6-4-2/h13,15,19-21,24,43-44,46-50,52-54H,3-12,14,16-18,22-23,25-42H2,1-2H3/b15-13-,21-19-,24-20-. The number of carbonyl (C=O) groups is 1. The molecule has 0 aromatic rings. The Kier molecular flexibility index (Phi) is 38.3. The maximum Gasteiger partial charge on any atom is 0.306 e. The van der Waals surface area contributed by atoms with Gasteiger partial charge in [0.2, 0.25) is 0 Å². The summed E-state index contributed by atoms with van der Waals surface area (Å²) < 4.78 is 22.8. The molecule has 0 aromatic heterocycles. The highest BCUT2D eigenvalue weighted by molar-refractivity contribution is 5.69. The molecule has 0 bridgehead atoms. The van der Waals surface area contributed by atoms with E-state index in [0.29, 0.717) is 13.0 Å². The Morgan fingerprint density at radius 2 is 1.00 bits per heavy atom. The van der Waals surface area contributed by atoms with Crippen molar-refractivity contribution in [1.82, 2.24) is 0 Å². The topological polar surface area (TPSA) is 135 Å². The Morgan fingerprint density at radius 1 is 0.552 bits per heavy atom. The van der Waals surface area contributed by atoms with Crippen molar-refractivity contribution in [1.29, 1.82) is 0 Å². The Bertz CT molecular complexity index is 983. The number of hydrogen-bond acceptors (Lipinski definition) is 9. The van der Waals surface area contributed by atoms with Gasteiger partial charge < -0.3 is 39.4 Å². The maximum absolute atomic E-state index is 12.8. The van der Waals surface area contributed by atoms with Gasteiger partial charge in [-0.05, 0) is 70.6 Å². The molecule has 0 aromatic carbocycles. The van der Waals surface area contributed by atoms with E-state index in [4.69, 9.17) is 18.9 Å². The molecule has 9 heteroatoms. The number of hydrogen-bond donors (Lipinski definition) is 4. The van der Waals surface area contributed by atoms with Crippen LogP contribution < -0.4 is 0 Å². The Hall–Kier alpha value is -1.59. The second-order valence-electron chi connectivity index (χ2n) is 16.6. The van der Waals surface area contributed by atoms with E-state index in [9.17, 15) is 25.2 Å². The Morgan fingerprint density at radius 3 is 1.52 bits per heavy atom. The van der Waals surface area contributed by atoms with Crippen LogP contribution in [0.4, 0.5) is 0 Å². The van der Waals surface area contributed by atoms with Crippen LogP contribution in [0, 0.1) is 0 Å². The molecule has 6 unspecified atom stereocenters. The minimum Gasteiger partial charge on any atom is -0.457 e. The van der Waals surface area contributed by atoms with Gasteiger partial charge in [-0.1, -0.05) is 166 Å². The molecule has 58 heavy (non-hydrogen) atoms. The van der Waals surface area contributed by atoms with Crippen LogP contribution in [0.3, 0.4) is 0 Å². The molecular weight excluding hydrogens is 733 g/mol. The summed E-state index contributed by atoms with van der Waals surface area (Å²) in [5, 5.41) is 40.2. The summed E-state index contributed by atoms with van der Waals surface area (Å²) in [5.74, 6) is -0.323. The third-order valence-corrected chi connectivity index (χ3v) is 11.0. The van der Waals surface area contributed by atoms with E-state index < -0.39 is 43.4 Å². The smallest absolute Gasteiger partial charge is 0.306 e. The highest BCUT2D eigenvalue weighted by Crippen LogP contribution is 2.22. The van der Waals surface area contributed by atoms with Crippen LogP contribution in [0.25, 0.3) is 0 Å². The zero-order valence-corrected chi connectivity index (χ0v) is 37.3. The lowest BCUT2D eigenvalue weighted by Crippen LogP contribution is -2.59. The average Bonchev–Trinajstić information content (AvgIpc) is 3.22. The van der Waals surface area contributed by atoms with E-state index in [1.54, 1.807) is 0 Å². The number of rotatable bonds is 41. The molecule has 0 aliphatic carbocycles. The monoisotopic (exact) mass is 823 g/mol. The minimum absolute atomic E-state index is 0.118. The van der Waals surface area contributed by atoms with Gasteiger partial charge in [0, 0.05) is 13.0 Å². The molecule has 0 saturated carbocycles. The van der Waals surface area contributed by atoms with E-state index in [0.717, 1.165) is 51.4 Å². The lowest BCUT2D eigenvalue weighted by atomic mass is 9.99. The zero-order valence-electron chi connectivity index (χ0n) is 37.3. The predicted octanol–water partition coefficient (Wildman–Crippen LogP) is 11.1. The van der Waals surface area contributed by atoms with Gasteiger partial charge >= 0.3 is 5.97 Å². The highest BCUT2D eigenvalue weighted by atomic mass is 16.7. The van der Waals surface area contributed by atoms with E-state index >= 15 is 0 Å². The van der Waals surface area contributed by atoms with Crippen LogP contribution in [0.1, 0.15) is 206 Å². The second-order valence-corrected chi connectivity index (χ2v) is 16.6. The number of unbranched alkanes of at least 4 members (excludes halogenated alkanes) is 24. The van der Waals surface area contributed by atoms with Crippen LogP contribution in [0.2, 0.25) is 0 Å². The highest BCUT2D eigenvalue weighted by Gasteiger charge is 2.44. The van der Waals surface area contributed by atoms with Crippen LogP contribution >= 0.6 is 0 Å². The lowest BCUT2D eigenvalue weighted by Gasteiger charge is -2.39. The predicted molar refractivity (Wildman–Crippen MR) is 238 cm³/mol. The van der Waals surface area contributed by atoms with Gasteiger partial charge in [0.05, 0.1) is 19.8 Å². The van der Waals surface area contributed by atoms with Gasteiger partial charge in [0.15, 0.2) is 6.29 Å². The van der Waals surface area contributed by atoms with Crippen LogP contribution in [0.5, 0.6) is 0 Å². The Balaban J connectivity index is 2.24. The first-order chi connectivity index (χ1) is 28.4. The third kappa shape index (κ3) is 31.3. The SMILES string of the molecule is CCCCCC/C=C\C/C=C\CCCCCCCCCCOCC(COC1OC(CO)C(O)C(O)C1O)OC(=O)CCCCCCC/C=C\CCCCCCCCC. The number of esters is 1. The zero-order chi connectivity index (χ0) is 42.2. The van der Waals surface area contributed by atoms with Crippen molar-refractivity contribution in [3.05, 3.63) is 36.5 Å². The summed E-state index contributed by atoms with van der Waals surface area (Å²) in [5.41, 5.74) is 0. The van der Waals surface area contributed by atoms with Gasteiger partial charge in [-0.2, -0.15) is 0 Å². The first kappa shape index (κ1) is 54.4. The number of carbonyl (C=O) groups excluding carboxylic acids is 1. The van der Waals surface area contributed by atoms with Crippen molar-refractivity contribution in [2.75, 3.05) is 26.4 Å². The fourth-order valence-electron chi connectivity index (χ4n) is 7.22. The van der Waals surface area contributed by atoms with Crippen molar-refractivity contribution in [3.63, 3.8) is 0 Å². The van der Waals surface area contributed by atoms with Crippen molar-refractivity contribution < 1.29 is 44.2 Å². The summed E-state index contributed by atoms with van der Waals surface area (Å²) in [6.07, 6.45) is 41.7. The van der Waals surface area contributed by atoms with Gasteiger partial charge in [-0.3, -0.25) is 4.79 Å². The molecule has 1 aliphatic rings. The first-order valence-corrected chi connectivity index (χ1v) is 24.1. The van der Waals surface area contributed by atoms with E-state index in [1.165, 1.54) is 135 Å². The number of allylic oxidation sites excluding steroid dienone is 6. The normalized spacial score (nSPS) is 20.6. The summed E-state index contributed by atoms with van der Waals surface area (Å²) in [6, 6.07) is 0.